The first-order chi connectivity index (χ1) is 8.78. The van der Waals surface area contributed by atoms with E-state index in [4.69, 9.17) is 0 Å². The molecule has 1 fully saturated rings. The summed E-state index contributed by atoms with van der Waals surface area (Å²) in [6.07, 6.45) is 4.03. The molecule has 1 heterocycles. The summed E-state index contributed by atoms with van der Waals surface area (Å²) in [5.74, 6) is 2.51. The molecule has 0 aromatic carbocycles. The fourth-order valence-electron chi connectivity index (χ4n) is 2.41. The van der Waals surface area contributed by atoms with Crippen LogP contribution in [0.2, 0.25) is 0 Å². The van der Waals surface area contributed by atoms with Gasteiger partial charge in [0.1, 0.15) is 11.6 Å². The van der Waals surface area contributed by atoms with Gasteiger partial charge in [-0.3, -0.25) is 0 Å². The fourth-order valence-corrected chi connectivity index (χ4v) is 2.41. The molecule has 1 aliphatic rings. The number of hydrogen-bond donors (Lipinski definition) is 3. The molecule has 0 atom stereocenters. The zero-order valence-electron chi connectivity index (χ0n) is 11.0. The maximum absolute atomic E-state index is 9.47. The van der Waals surface area contributed by atoms with Crippen LogP contribution in [0.25, 0.3) is 0 Å². The van der Waals surface area contributed by atoms with Crippen molar-refractivity contribution < 1.29 is 5.11 Å². The van der Waals surface area contributed by atoms with Crippen LogP contribution >= 0.6 is 0 Å². The summed E-state index contributed by atoms with van der Waals surface area (Å²) in [7, 11) is 0. The Kier molecular flexibility index (Phi) is 4.81. The molecule has 0 radical (unpaired) electrons. The molecule has 0 spiro atoms. The van der Waals surface area contributed by atoms with Gasteiger partial charge in [-0.2, -0.15) is 0 Å². The van der Waals surface area contributed by atoms with Gasteiger partial charge in [0.25, 0.3) is 0 Å². The first-order valence-corrected chi connectivity index (χ1v) is 6.90. The van der Waals surface area contributed by atoms with Crippen LogP contribution in [-0.4, -0.2) is 29.3 Å². The maximum atomic E-state index is 9.47. The van der Waals surface area contributed by atoms with Gasteiger partial charge in [-0.05, 0) is 50.7 Å². The maximum Gasteiger partial charge on any atom is 0.128 e. The molecular formula is C14H23N3O. The van der Waals surface area contributed by atoms with Crippen LogP contribution in [0.4, 0.5) is 11.6 Å². The molecular weight excluding hydrogens is 226 g/mol. The van der Waals surface area contributed by atoms with Crippen molar-refractivity contribution in [3.63, 3.8) is 0 Å². The summed E-state index contributed by atoms with van der Waals surface area (Å²) in [6, 6.07) is 5.99. The molecule has 100 valence electrons. The minimum Gasteiger partial charge on any atom is -0.393 e. The predicted octanol–water partition coefficient (Wildman–Crippen LogP) is 2.48. The van der Waals surface area contributed by atoms with Crippen molar-refractivity contribution in [2.24, 2.45) is 5.92 Å². The van der Waals surface area contributed by atoms with Gasteiger partial charge >= 0.3 is 0 Å². The van der Waals surface area contributed by atoms with E-state index in [1.807, 2.05) is 18.2 Å². The topological polar surface area (TPSA) is 57.2 Å². The van der Waals surface area contributed by atoms with E-state index in [9.17, 15) is 5.11 Å². The highest BCUT2D eigenvalue weighted by atomic mass is 16.3. The standard InChI is InChI=1S/C14H23N3O/c1-2-15-13-4-3-5-14(17-13)16-10-11-6-8-12(18)9-7-11/h3-5,11-12,18H,2,6-10H2,1H3,(H2,15,16,17). The lowest BCUT2D eigenvalue weighted by atomic mass is 9.87. The number of rotatable bonds is 5. The second-order valence-electron chi connectivity index (χ2n) is 4.99. The van der Waals surface area contributed by atoms with E-state index in [1.54, 1.807) is 0 Å². The number of aliphatic hydroxyl groups is 1. The van der Waals surface area contributed by atoms with Crippen molar-refractivity contribution in [3.8, 4) is 0 Å². The smallest absolute Gasteiger partial charge is 0.128 e. The van der Waals surface area contributed by atoms with Gasteiger partial charge in [0.05, 0.1) is 6.10 Å². The highest BCUT2D eigenvalue weighted by molar-refractivity contribution is 5.44. The summed E-state index contributed by atoms with van der Waals surface area (Å²) in [5.41, 5.74) is 0. The number of nitrogens with zero attached hydrogens (tertiary/aromatic N) is 1. The molecule has 4 heteroatoms. The summed E-state index contributed by atoms with van der Waals surface area (Å²) in [6.45, 7) is 3.90. The Labute approximate surface area is 109 Å². The van der Waals surface area contributed by atoms with Crippen molar-refractivity contribution in [3.05, 3.63) is 18.2 Å². The Bertz CT molecular complexity index is 362. The lowest BCUT2D eigenvalue weighted by molar-refractivity contribution is 0.111. The zero-order valence-corrected chi connectivity index (χ0v) is 11.0. The Balaban J connectivity index is 1.80. The molecule has 18 heavy (non-hydrogen) atoms. The molecule has 0 unspecified atom stereocenters. The summed E-state index contributed by atoms with van der Waals surface area (Å²) >= 11 is 0. The number of pyridine rings is 1. The van der Waals surface area contributed by atoms with Crippen LogP contribution in [-0.2, 0) is 0 Å². The van der Waals surface area contributed by atoms with E-state index in [0.29, 0.717) is 5.92 Å². The van der Waals surface area contributed by atoms with Crippen molar-refractivity contribution >= 4 is 11.6 Å². The average Bonchev–Trinajstić information content (AvgIpc) is 2.39. The van der Waals surface area contributed by atoms with Gasteiger partial charge in [-0.15, -0.1) is 0 Å². The first kappa shape index (κ1) is 13.1. The fraction of sp³-hybridized carbons (Fsp3) is 0.643. The summed E-state index contributed by atoms with van der Waals surface area (Å²) in [5, 5.41) is 16.1. The quantitative estimate of drug-likeness (QED) is 0.750. The van der Waals surface area contributed by atoms with E-state index in [0.717, 1.165) is 50.4 Å². The van der Waals surface area contributed by atoms with Crippen molar-refractivity contribution in [1.82, 2.24) is 4.98 Å². The van der Waals surface area contributed by atoms with Gasteiger partial charge in [-0.1, -0.05) is 6.07 Å². The minimum absolute atomic E-state index is 0.0727. The molecule has 1 aliphatic carbocycles. The molecule has 2 rings (SSSR count). The van der Waals surface area contributed by atoms with Crippen LogP contribution < -0.4 is 10.6 Å². The number of nitrogens with one attached hydrogen (secondary N) is 2. The van der Waals surface area contributed by atoms with Gasteiger partial charge in [0.15, 0.2) is 0 Å². The van der Waals surface area contributed by atoms with Crippen molar-refractivity contribution in [2.75, 3.05) is 23.7 Å². The molecule has 0 saturated heterocycles. The third-order valence-corrected chi connectivity index (χ3v) is 3.50. The summed E-state index contributed by atoms with van der Waals surface area (Å²) in [4.78, 5) is 4.49. The van der Waals surface area contributed by atoms with Crippen LogP contribution in [0.3, 0.4) is 0 Å². The lowest BCUT2D eigenvalue weighted by Gasteiger charge is -2.25. The molecule has 3 N–H and O–H groups in total. The Morgan fingerprint density at radius 2 is 1.83 bits per heavy atom. The Morgan fingerprint density at radius 3 is 2.50 bits per heavy atom. The second-order valence-corrected chi connectivity index (χ2v) is 4.99. The molecule has 0 amide bonds. The minimum atomic E-state index is -0.0727. The van der Waals surface area contributed by atoms with E-state index in [-0.39, 0.29) is 6.10 Å². The van der Waals surface area contributed by atoms with E-state index in [2.05, 4.69) is 22.5 Å². The Hall–Kier alpha value is -1.29. The third-order valence-electron chi connectivity index (χ3n) is 3.50. The van der Waals surface area contributed by atoms with Gasteiger partial charge < -0.3 is 15.7 Å². The third kappa shape index (κ3) is 3.88. The highest BCUT2D eigenvalue weighted by Crippen LogP contribution is 2.24. The summed E-state index contributed by atoms with van der Waals surface area (Å²) < 4.78 is 0. The van der Waals surface area contributed by atoms with Crippen LogP contribution in [0.15, 0.2) is 18.2 Å². The number of aromatic nitrogens is 1. The number of hydrogen-bond acceptors (Lipinski definition) is 4. The molecule has 4 nitrogen and oxygen atoms in total. The molecule has 1 aromatic heterocycles. The average molecular weight is 249 g/mol. The van der Waals surface area contributed by atoms with Gasteiger partial charge in [0.2, 0.25) is 0 Å². The predicted molar refractivity (Wildman–Crippen MR) is 74.9 cm³/mol. The lowest BCUT2D eigenvalue weighted by Crippen LogP contribution is -2.23. The van der Waals surface area contributed by atoms with E-state index in [1.165, 1.54) is 0 Å². The van der Waals surface area contributed by atoms with Gasteiger partial charge in [-0.25, -0.2) is 4.98 Å². The number of anilines is 2. The van der Waals surface area contributed by atoms with Crippen molar-refractivity contribution in [1.29, 1.82) is 0 Å². The molecule has 0 aliphatic heterocycles. The van der Waals surface area contributed by atoms with Crippen LogP contribution in [0, 0.1) is 5.92 Å². The highest BCUT2D eigenvalue weighted by Gasteiger charge is 2.18. The van der Waals surface area contributed by atoms with E-state index >= 15 is 0 Å². The monoisotopic (exact) mass is 249 g/mol. The van der Waals surface area contributed by atoms with Gasteiger partial charge in [0, 0.05) is 13.1 Å². The van der Waals surface area contributed by atoms with Crippen molar-refractivity contribution in [2.45, 2.75) is 38.7 Å². The Morgan fingerprint density at radius 1 is 1.17 bits per heavy atom. The zero-order chi connectivity index (χ0) is 12.8. The first-order valence-electron chi connectivity index (χ1n) is 6.90. The van der Waals surface area contributed by atoms with Crippen LogP contribution in [0.1, 0.15) is 32.6 Å². The number of aliphatic hydroxyl groups excluding tert-OH is 1. The molecule has 1 saturated carbocycles. The SMILES string of the molecule is CCNc1cccc(NCC2CCC(O)CC2)n1. The normalized spacial score (nSPS) is 23.7. The second kappa shape index (κ2) is 6.59. The van der Waals surface area contributed by atoms with E-state index < -0.39 is 0 Å². The largest absolute Gasteiger partial charge is 0.393 e. The van der Waals surface area contributed by atoms with Crippen LogP contribution in [0.5, 0.6) is 0 Å². The molecule has 1 aromatic rings. The molecule has 0 bridgehead atoms.